The van der Waals surface area contributed by atoms with Crippen LogP contribution in [-0.2, 0) is 11.3 Å². The summed E-state index contributed by atoms with van der Waals surface area (Å²) in [5.74, 6) is -0.462. The number of hydrogen-bond donors (Lipinski definition) is 2. The topological polar surface area (TPSA) is 72.5 Å². The second-order valence-electron chi connectivity index (χ2n) is 6.51. The minimum atomic E-state index is -0.974. The summed E-state index contributed by atoms with van der Waals surface area (Å²) in [6.45, 7) is 2.25. The molecule has 0 spiro atoms. The first-order chi connectivity index (χ1) is 13.5. The molecule has 0 aliphatic carbocycles. The fraction of sp³-hybridized carbons (Fsp3) is 0.174. The lowest BCUT2D eigenvalue weighted by molar-refractivity contribution is -0.145. The van der Waals surface area contributed by atoms with Crippen LogP contribution < -0.4 is 10.5 Å². The van der Waals surface area contributed by atoms with Crippen molar-refractivity contribution in [2.75, 3.05) is 0 Å². The summed E-state index contributed by atoms with van der Waals surface area (Å²) in [7, 11) is 0. The van der Waals surface area contributed by atoms with Gasteiger partial charge in [0.15, 0.2) is 6.10 Å². The molecule has 3 aromatic rings. The number of nitrogens with two attached hydrogens (primary N) is 1. The van der Waals surface area contributed by atoms with Gasteiger partial charge in [0.25, 0.3) is 0 Å². The molecule has 3 aromatic carbocycles. The molecule has 0 radical (unpaired) electrons. The number of rotatable bonds is 7. The normalized spacial score (nSPS) is 11.8. The summed E-state index contributed by atoms with van der Waals surface area (Å²) in [5.41, 5.74) is 10.7. The van der Waals surface area contributed by atoms with Gasteiger partial charge in [-0.05, 0) is 70.6 Å². The van der Waals surface area contributed by atoms with Crippen molar-refractivity contribution in [3.05, 3.63) is 77.3 Å². The van der Waals surface area contributed by atoms with Gasteiger partial charge in [0, 0.05) is 11.6 Å². The fourth-order valence-electron chi connectivity index (χ4n) is 3.02. The van der Waals surface area contributed by atoms with E-state index in [0.717, 1.165) is 27.8 Å². The Morgan fingerprint density at radius 1 is 1.00 bits per heavy atom. The first-order valence-corrected chi connectivity index (χ1v) is 9.48. The van der Waals surface area contributed by atoms with Crippen LogP contribution in [0.4, 0.5) is 0 Å². The predicted octanol–water partition coefficient (Wildman–Crippen LogP) is 5.37. The predicted molar refractivity (Wildman–Crippen MR) is 113 cm³/mol. The van der Waals surface area contributed by atoms with Crippen molar-refractivity contribution >= 4 is 17.6 Å². The highest BCUT2D eigenvalue weighted by Crippen LogP contribution is 2.32. The number of carbonyl (C=O) groups is 1. The quantitative estimate of drug-likeness (QED) is 0.563. The maximum Gasteiger partial charge on any atom is 0.344 e. The molecule has 0 aromatic heterocycles. The van der Waals surface area contributed by atoms with Gasteiger partial charge in [-0.3, -0.25) is 0 Å². The number of benzene rings is 3. The number of ether oxygens (including phenoxy) is 1. The van der Waals surface area contributed by atoms with Crippen LogP contribution in [0.5, 0.6) is 5.75 Å². The van der Waals surface area contributed by atoms with Gasteiger partial charge in [-0.1, -0.05) is 48.9 Å². The molecule has 0 fully saturated rings. The smallest absolute Gasteiger partial charge is 0.344 e. The molecule has 0 aliphatic rings. The lowest BCUT2D eigenvalue weighted by Gasteiger charge is -2.14. The van der Waals surface area contributed by atoms with Crippen molar-refractivity contribution in [1.29, 1.82) is 0 Å². The summed E-state index contributed by atoms with van der Waals surface area (Å²) in [4.78, 5) is 11.2. The zero-order chi connectivity index (χ0) is 20.1. The Morgan fingerprint density at radius 2 is 1.64 bits per heavy atom. The number of aliphatic carboxylic acids is 1. The van der Waals surface area contributed by atoms with Crippen LogP contribution in [0.15, 0.2) is 66.7 Å². The highest BCUT2D eigenvalue weighted by molar-refractivity contribution is 6.31. The van der Waals surface area contributed by atoms with E-state index in [-0.39, 0.29) is 0 Å². The molecule has 144 valence electrons. The molecule has 0 saturated heterocycles. The van der Waals surface area contributed by atoms with E-state index in [0.29, 0.717) is 23.7 Å². The fourth-order valence-corrected chi connectivity index (χ4v) is 3.26. The minimum absolute atomic E-state index is 0.387. The van der Waals surface area contributed by atoms with Crippen molar-refractivity contribution in [1.82, 2.24) is 0 Å². The van der Waals surface area contributed by atoms with Gasteiger partial charge < -0.3 is 15.6 Å². The van der Waals surface area contributed by atoms with E-state index in [4.69, 9.17) is 22.1 Å². The van der Waals surface area contributed by atoms with E-state index in [1.165, 1.54) is 0 Å². The summed E-state index contributed by atoms with van der Waals surface area (Å²) >= 11 is 6.38. The molecule has 3 rings (SSSR count). The highest BCUT2D eigenvalue weighted by Gasteiger charge is 2.17. The van der Waals surface area contributed by atoms with E-state index >= 15 is 0 Å². The van der Waals surface area contributed by atoms with Crippen LogP contribution in [0, 0.1) is 0 Å². The van der Waals surface area contributed by atoms with Crippen molar-refractivity contribution in [2.24, 2.45) is 5.73 Å². The van der Waals surface area contributed by atoms with Gasteiger partial charge in [0.2, 0.25) is 0 Å². The Labute approximate surface area is 169 Å². The molecule has 0 bridgehead atoms. The maximum atomic E-state index is 11.2. The molecular formula is C23H22ClNO3. The lowest BCUT2D eigenvalue weighted by Crippen LogP contribution is -2.25. The lowest BCUT2D eigenvalue weighted by atomic mass is 9.98. The van der Waals surface area contributed by atoms with E-state index in [1.807, 2.05) is 54.6 Å². The Morgan fingerprint density at radius 3 is 2.25 bits per heavy atom. The van der Waals surface area contributed by atoms with Crippen molar-refractivity contribution in [3.63, 3.8) is 0 Å². The van der Waals surface area contributed by atoms with Crippen molar-refractivity contribution in [2.45, 2.75) is 26.0 Å². The van der Waals surface area contributed by atoms with E-state index in [9.17, 15) is 9.90 Å². The average molecular weight is 396 g/mol. The van der Waals surface area contributed by atoms with Gasteiger partial charge in [0.1, 0.15) is 5.75 Å². The van der Waals surface area contributed by atoms with E-state index in [1.54, 1.807) is 13.0 Å². The summed E-state index contributed by atoms with van der Waals surface area (Å²) in [6.07, 6.45) is -0.484. The molecule has 1 unspecified atom stereocenters. The number of halogens is 1. The molecule has 3 N–H and O–H groups in total. The molecule has 0 saturated carbocycles. The van der Waals surface area contributed by atoms with Gasteiger partial charge in [-0.2, -0.15) is 0 Å². The zero-order valence-corrected chi connectivity index (χ0v) is 16.3. The zero-order valence-electron chi connectivity index (χ0n) is 15.6. The highest BCUT2D eigenvalue weighted by atomic mass is 35.5. The monoisotopic (exact) mass is 395 g/mol. The Balaban J connectivity index is 1.97. The molecule has 0 heterocycles. The van der Waals surface area contributed by atoms with Crippen LogP contribution in [0.25, 0.3) is 22.3 Å². The largest absolute Gasteiger partial charge is 0.479 e. The summed E-state index contributed by atoms with van der Waals surface area (Å²) in [5, 5.41) is 9.83. The number of hydrogen-bond acceptors (Lipinski definition) is 3. The molecular weight excluding hydrogens is 374 g/mol. The third kappa shape index (κ3) is 4.71. The summed E-state index contributed by atoms with van der Waals surface area (Å²) in [6, 6.07) is 21.3. The van der Waals surface area contributed by atoms with Crippen LogP contribution in [0.1, 0.15) is 18.9 Å². The number of carboxylic acids is 1. The molecule has 1 atom stereocenters. The molecule has 5 heteroatoms. The van der Waals surface area contributed by atoms with Gasteiger partial charge in [-0.15, -0.1) is 0 Å². The SMILES string of the molecule is CCC(Oc1cccc(-c2cc(Cl)cc(-c3cccc(CN)c3)c2)c1)C(=O)O. The van der Waals surface area contributed by atoms with Crippen molar-refractivity contribution in [3.8, 4) is 28.0 Å². The molecule has 28 heavy (non-hydrogen) atoms. The number of carboxylic acid groups (broad SMARTS) is 1. The van der Waals surface area contributed by atoms with E-state index < -0.39 is 12.1 Å². The standard InChI is InChI=1S/C23H22ClNO3/c1-2-22(23(26)27)28-21-8-4-7-17(13-21)19-10-18(11-20(24)12-19)16-6-3-5-15(9-16)14-25/h3-13,22H,2,14,25H2,1H3,(H,26,27). The first kappa shape index (κ1) is 19.9. The van der Waals surface area contributed by atoms with Crippen LogP contribution >= 0.6 is 11.6 Å². The average Bonchev–Trinajstić information content (AvgIpc) is 2.71. The third-order valence-electron chi connectivity index (χ3n) is 4.49. The molecule has 4 nitrogen and oxygen atoms in total. The third-order valence-corrected chi connectivity index (χ3v) is 4.70. The molecule has 0 amide bonds. The van der Waals surface area contributed by atoms with Gasteiger partial charge in [0.05, 0.1) is 0 Å². The van der Waals surface area contributed by atoms with E-state index in [2.05, 4.69) is 6.07 Å². The Hall–Kier alpha value is -2.82. The summed E-state index contributed by atoms with van der Waals surface area (Å²) < 4.78 is 5.62. The van der Waals surface area contributed by atoms with Crippen molar-refractivity contribution < 1.29 is 14.6 Å². The first-order valence-electron chi connectivity index (χ1n) is 9.10. The van der Waals surface area contributed by atoms with Crippen LogP contribution in [0.2, 0.25) is 5.02 Å². The maximum absolute atomic E-state index is 11.2. The van der Waals surface area contributed by atoms with Crippen LogP contribution in [0.3, 0.4) is 0 Å². The van der Waals surface area contributed by atoms with Crippen LogP contribution in [-0.4, -0.2) is 17.2 Å². The second kappa shape index (κ2) is 8.91. The minimum Gasteiger partial charge on any atom is -0.479 e. The van der Waals surface area contributed by atoms with Gasteiger partial charge in [-0.25, -0.2) is 4.79 Å². The van der Waals surface area contributed by atoms with Gasteiger partial charge >= 0.3 is 5.97 Å². The Bertz CT molecular complexity index is 987. The Kier molecular flexibility index (Phi) is 6.34. The molecule has 0 aliphatic heterocycles. The second-order valence-corrected chi connectivity index (χ2v) is 6.95.